The van der Waals surface area contributed by atoms with E-state index in [-0.39, 0.29) is 24.8 Å². The molecule has 0 spiro atoms. The summed E-state index contributed by atoms with van der Waals surface area (Å²) >= 11 is 0. The first-order chi connectivity index (χ1) is 17.6. The highest BCUT2D eigenvalue weighted by Crippen LogP contribution is 2.41. The number of aryl methyl sites for hydroxylation is 1. The van der Waals surface area contributed by atoms with Crippen LogP contribution >= 0.6 is 7.82 Å². The minimum atomic E-state index is -3.89. The molecule has 2 rings (SSSR count). The second-order valence-corrected chi connectivity index (χ2v) is 10.4. The Hall–Kier alpha value is -2.72. The summed E-state index contributed by atoms with van der Waals surface area (Å²) in [7, 11) is -2.77. The number of hydrogen-bond donors (Lipinski definition) is 4. The van der Waals surface area contributed by atoms with Crippen LogP contribution in [0.2, 0.25) is 0 Å². The van der Waals surface area contributed by atoms with Crippen molar-refractivity contribution in [1.82, 2.24) is 10.6 Å². The number of hydrogen-bond acceptors (Lipinski definition) is 8. The average molecular weight is 540 g/mol. The van der Waals surface area contributed by atoms with Crippen molar-refractivity contribution in [3.63, 3.8) is 0 Å². The molecule has 0 aliphatic heterocycles. The third-order valence-corrected chi connectivity index (χ3v) is 6.90. The first-order valence-electron chi connectivity index (χ1n) is 12.5. The number of unbranched alkanes of at least 4 members (excludes halogenated alkanes) is 5. The number of fused-ring (bicyclic) bond motifs is 1. The summed E-state index contributed by atoms with van der Waals surface area (Å²) in [5, 5.41) is 6.45. The van der Waals surface area contributed by atoms with Gasteiger partial charge in [0.05, 0.1) is 18.6 Å². The van der Waals surface area contributed by atoms with Crippen LogP contribution in [-0.2, 0) is 29.6 Å². The van der Waals surface area contributed by atoms with E-state index in [1.807, 2.05) is 0 Å². The van der Waals surface area contributed by atoms with Gasteiger partial charge in [0, 0.05) is 43.8 Å². The highest BCUT2D eigenvalue weighted by molar-refractivity contribution is 7.47. The van der Waals surface area contributed by atoms with Crippen LogP contribution in [-0.4, -0.2) is 43.5 Å². The normalized spacial score (nSPS) is 12.8. The predicted molar refractivity (Wildman–Crippen MR) is 141 cm³/mol. The maximum atomic E-state index is 12.3. The van der Waals surface area contributed by atoms with Gasteiger partial charge < -0.3 is 25.7 Å². The number of phosphoric ester groups is 1. The van der Waals surface area contributed by atoms with Crippen molar-refractivity contribution >= 4 is 36.3 Å². The molecule has 0 bridgehead atoms. The molecule has 2 aromatic rings. The molecule has 0 aliphatic rings. The molecule has 1 atom stereocenters. The van der Waals surface area contributed by atoms with E-state index < -0.39 is 13.4 Å². The van der Waals surface area contributed by atoms with Crippen molar-refractivity contribution in [1.29, 1.82) is 0 Å². The van der Waals surface area contributed by atoms with E-state index in [1.165, 1.54) is 0 Å². The molecule has 1 heterocycles. The molecule has 12 heteroatoms. The van der Waals surface area contributed by atoms with Gasteiger partial charge in [-0.05, 0) is 50.3 Å². The molecular weight excluding hydrogens is 501 g/mol. The van der Waals surface area contributed by atoms with Gasteiger partial charge in [0.25, 0.3) is 0 Å². The molecule has 11 nitrogen and oxygen atoms in total. The zero-order valence-electron chi connectivity index (χ0n) is 21.5. The lowest BCUT2D eigenvalue weighted by Gasteiger charge is -2.09. The second-order valence-electron chi connectivity index (χ2n) is 8.83. The quantitative estimate of drug-likeness (QED) is 0.102. The van der Waals surface area contributed by atoms with Crippen LogP contribution in [0, 0.1) is 6.92 Å². The summed E-state index contributed by atoms with van der Waals surface area (Å²) in [6.45, 7) is 3.00. The fourth-order valence-corrected chi connectivity index (χ4v) is 4.25. The topological polar surface area (TPSA) is 170 Å². The smallest absolute Gasteiger partial charge is 0.422 e. The van der Waals surface area contributed by atoms with E-state index in [0.29, 0.717) is 48.3 Å². The fourth-order valence-electron chi connectivity index (χ4n) is 3.78. The van der Waals surface area contributed by atoms with Gasteiger partial charge in [-0.15, -0.1) is 0 Å². The van der Waals surface area contributed by atoms with Gasteiger partial charge >= 0.3 is 13.4 Å². The molecule has 0 saturated heterocycles. The third-order valence-electron chi connectivity index (χ3n) is 5.93. The van der Waals surface area contributed by atoms with Crippen LogP contribution in [0.5, 0.6) is 0 Å². The fraction of sp³-hybridized carbons (Fsp3) is 0.560. The number of anilines is 1. The Morgan fingerprint density at radius 3 is 2.38 bits per heavy atom. The number of carbonyl (C=O) groups excluding carboxylic acids is 2. The van der Waals surface area contributed by atoms with E-state index in [9.17, 15) is 18.9 Å². The largest absolute Gasteiger partial charge is 0.471 e. The lowest BCUT2D eigenvalue weighted by molar-refractivity contribution is -0.121. The van der Waals surface area contributed by atoms with E-state index in [2.05, 4.69) is 15.2 Å². The number of amides is 2. The molecule has 0 aliphatic carbocycles. The van der Waals surface area contributed by atoms with Crippen LogP contribution in [0.1, 0.15) is 62.5 Å². The molecule has 37 heavy (non-hydrogen) atoms. The van der Waals surface area contributed by atoms with Crippen LogP contribution in [0.25, 0.3) is 11.0 Å². The molecule has 1 aromatic heterocycles. The van der Waals surface area contributed by atoms with Gasteiger partial charge in [-0.1, -0.05) is 19.3 Å². The Labute approximate surface area is 216 Å². The summed E-state index contributed by atoms with van der Waals surface area (Å²) in [5.41, 5.74) is 7.15. The summed E-state index contributed by atoms with van der Waals surface area (Å²) in [5.74, 6) is -0.257. The van der Waals surface area contributed by atoms with Gasteiger partial charge in [0.1, 0.15) is 5.58 Å². The van der Waals surface area contributed by atoms with Crippen LogP contribution in [0.15, 0.2) is 27.4 Å². The van der Waals surface area contributed by atoms with Crippen LogP contribution in [0.4, 0.5) is 5.69 Å². The maximum Gasteiger partial charge on any atom is 0.471 e. The second kappa shape index (κ2) is 15.5. The molecule has 1 unspecified atom stereocenters. The van der Waals surface area contributed by atoms with Crippen LogP contribution < -0.4 is 22.0 Å². The Morgan fingerprint density at radius 1 is 1.03 bits per heavy atom. The number of phosphoric acid groups is 1. The van der Waals surface area contributed by atoms with E-state index in [0.717, 1.165) is 51.0 Å². The summed E-state index contributed by atoms with van der Waals surface area (Å²) < 4.78 is 25.5. The van der Waals surface area contributed by atoms with Crippen molar-refractivity contribution in [2.45, 2.75) is 64.7 Å². The van der Waals surface area contributed by atoms with Crippen molar-refractivity contribution in [2.75, 3.05) is 32.5 Å². The Balaban J connectivity index is 1.53. The number of benzene rings is 1. The molecule has 0 radical (unpaired) electrons. The third kappa shape index (κ3) is 11.1. The molecule has 2 amide bonds. The zero-order chi connectivity index (χ0) is 27.3. The first kappa shape index (κ1) is 30.5. The number of rotatable bonds is 17. The highest BCUT2D eigenvalue weighted by atomic mass is 31.2. The van der Waals surface area contributed by atoms with E-state index in [1.54, 1.807) is 25.1 Å². The minimum Gasteiger partial charge on any atom is -0.422 e. The average Bonchev–Trinajstić information content (AvgIpc) is 2.85. The van der Waals surface area contributed by atoms with Gasteiger partial charge in [-0.3, -0.25) is 18.6 Å². The predicted octanol–water partition coefficient (Wildman–Crippen LogP) is 3.34. The number of nitrogens with one attached hydrogen (secondary N) is 2. The summed E-state index contributed by atoms with van der Waals surface area (Å²) in [4.78, 5) is 45.7. The minimum absolute atomic E-state index is 0.00561. The Morgan fingerprint density at radius 2 is 1.68 bits per heavy atom. The first-order valence-corrected chi connectivity index (χ1v) is 14.0. The standard InChI is InChI=1S/C25H38N3O8P/c1-18-20-12-11-19(26)16-22(20)36-25(31)21(18)17-24(30)28-14-8-5-6-10-23(29)27-13-7-3-4-9-15-35-37(32,33)34-2/h11-12,16H,3-10,13-15,17,26H2,1-2H3,(H,27,29)(H,28,30)(H,32,33). The monoisotopic (exact) mass is 539 g/mol. The van der Waals surface area contributed by atoms with Gasteiger partial charge in [0.2, 0.25) is 11.8 Å². The molecule has 0 fully saturated rings. The van der Waals surface area contributed by atoms with Crippen molar-refractivity contribution in [3.05, 3.63) is 39.7 Å². The zero-order valence-corrected chi connectivity index (χ0v) is 22.4. The van der Waals surface area contributed by atoms with E-state index >= 15 is 0 Å². The Kier molecular flexibility index (Phi) is 12.8. The molecular formula is C25H38N3O8P. The van der Waals surface area contributed by atoms with Crippen molar-refractivity contribution in [3.8, 4) is 0 Å². The lowest BCUT2D eigenvalue weighted by atomic mass is 10.0. The van der Waals surface area contributed by atoms with Crippen molar-refractivity contribution < 1.29 is 32.5 Å². The van der Waals surface area contributed by atoms with Crippen LogP contribution in [0.3, 0.4) is 0 Å². The van der Waals surface area contributed by atoms with Gasteiger partial charge in [0.15, 0.2) is 0 Å². The Bertz CT molecular complexity index is 1150. The molecule has 5 N–H and O–H groups in total. The molecule has 206 valence electrons. The lowest BCUT2D eigenvalue weighted by Crippen LogP contribution is -2.28. The highest BCUT2D eigenvalue weighted by Gasteiger charge is 2.17. The number of nitrogens with two attached hydrogens (primary N) is 1. The van der Waals surface area contributed by atoms with Crippen molar-refractivity contribution in [2.24, 2.45) is 0 Å². The summed E-state index contributed by atoms with van der Waals surface area (Å²) in [6, 6.07) is 5.10. The van der Waals surface area contributed by atoms with E-state index in [4.69, 9.17) is 19.6 Å². The number of carbonyl (C=O) groups is 2. The number of nitrogen functional groups attached to an aromatic ring is 1. The van der Waals surface area contributed by atoms with Gasteiger partial charge in [-0.25, -0.2) is 9.36 Å². The van der Waals surface area contributed by atoms with Gasteiger partial charge in [-0.2, -0.15) is 0 Å². The SMILES string of the molecule is COP(=O)(O)OCCCCCCNC(=O)CCCCCNC(=O)Cc1c(C)c2ccc(N)cc2oc1=O. The molecule has 0 saturated carbocycles. The molecule has 1 aromatic carbocycles. The summed E-state index contributed by atoms with van der Waals surface area (Å²) in [6.07, 6.45) is 5.78. The maximum absolute atomic E-state index is 12.3.